The highest BCUT2D eigenvalue weighted by Gasteiger charge is 2.35. The summed E-state index contributed by atoms with van der Waals surface area (Å²) in [5.41, 5.74) is 1.95. The Bertz CT molecular complexity index is 855. The first-order valence-corrected chi connectivity index (χ1v) is 8.41. The number of nitrogens with zero attached hydrogens (tertiary/aromatic N) is 1. The fourth-order valence-electron chi connectivity index (χ4n) is 2.93. The molecule has 0 aliphatic carbocycles. The van der Waals surface area contributed by atoms with E-state index in [1.165, 1.54) is 30.4 Å². The molecule has 0 unspecified atom stereocenters. The van der Waals surface area contributed by atoms with Gasteiger partial charge in [0.15, 0.2) is 6.61 Å². The summed E-state index contributed by atoms with van der Waals surface area (Å²) in [6.45, 7) is -0.203. The molecule has 0 radical (unpaired) electrons. The molecule has 0 saturated heterocycles. The van der Waals surface area contributed by atoms with E-state index in [1.54, 1.807) is 12.1 Å². The van der Waals surface area contributed by atoms with Crippen LogP contribution in [0.4, 0.5) is 0 Å². The molecule has 2 heterocycles. The molecule has 1 atom stereocenters. The maximum absolute atomic E-state index is 12.6. The number of ether oxygens (including phenoxy) is 2. The molecule has 0 spiro atoms. The van der Waals surface area contributed by atoms with Gasteiger partial charge in [0.25, 0.3) is 5.91 Å². The van der Waals surface area contributed by atoms with E-state index in [0.717, 1.165) is 11.1 Å². The topological polar surface area (TPSA) is 86.0 Å². The number of rotatable bonds is 5. The van der Waals surface area contributed by atoms with Gasteiger partial charge in [0.1, 0.15) is 11.8 Å². The zero-order chi connectivity index (χ0) is 19.2. The van der Waals surface area contributed by atoms with Crippen LogP contribution in [0.3, 0.4) is 0 Å². The number of hydrogen-bond donors (Lipinski definition) is 0. The van der Waals surface area contributed by atoms with E-state index in [0.29, 0.717) is 12.2 Å². The highest BCUT2D eigenvalue weighted by atomic mass is 16.5. The van der Waals surface area contributed by atoms with Crippen LogP contribution in [0.1, 0.15) is 16.9 Å². The van der Waals surface area contributed by atoms with E-state index in [2.05, 4.69) is 0 Å². The molecule has 1 aromatic heterocycles. The van der Waals surface area contributed by atoms with Crippen molar-refractivity contribution in [3.8, 4) is 0 Å². The van der Waals surface area contributed by atoms with Gasteiger partial charge in [-0.2, -0.15) is 0 Å². The van der Waals surface area contributed by atoms with Crippen LogP contribution in [0.15, 0.2) is 53.2 Å². The maximum atomic E-state index is 12.6. The van der Waals surface area contributed by atoms with Crippen molar-refractivity contribution < 1.29 is 28.3 Å². The van der Waals surface area contributed by atoms with Crippen LogP contribution < -0.4 is 0 Å². The number of carbonyl (C=O) groups is 3. The average molecular weight is 369 g/mol. The normalized spacial score (nSPS) is 16.0. The van der Waals surface area contributed by atoms with Gasteiger partial charge < -0.3 is 18.8 Å². The molecule has 2 aromatic rings. The van der Waals surface area contributed by atoms with Gasteiger partial charge in [0.05, 0.1) is 13.4 Å². The quantitative estimate of drug-likeness (QED) is 0.592. The molecule has 7 nitrogen and oxygen atoms in total. The number of hydrogen-bond acceptors (Lipinski definition) is 6. The van der Waals surface area contributed by atoms with Crippen molar-refractivity contribution in [3.05, 3.63) is 65.6 Å². The molecule has 140 valence electrons. The van der Waals surface area contributed by atoms with E-state index >= 15 is 0 Å². The number of amides is 1. The monoisotopic (exact) mass is 369 g/mol. The third kappa shape index (κ3) is 4.44. The first-order chi connectivity index (χ1) is 13.1. The predicted octanol–water partition coefficient (Wildman–Crippen LogP) is 1.96. The number of methoxy groups -OCH3 is 1. The molecule has 1 amide bonds. The summed E-state index contributed by atoms with van der Waals surface area (Å²) in [6, 6.07) is 10.2. The third-order valence-electron chi connectivity index (χ3n) is 4.31. The molecule has 1 aromatic carbocycles. The maximum Gasteiger partial charge on any atom is 0.331 e. The van der Waals surface area contributed by atoms with Crippen molar-refractivity contribution in [1.82, 2.24) is 4.90 Å². The SMILES string of the molecule is COC(=O)[C@@H]1Cc2ccccc2CN1C(=O)COC(=O)/C=C/c1ccco1. The van der Waals surface area contributed by atoms with E-state index < -0.39 is 30.5 Å². The molecule has 0 bridgehead atoms. The number of fused-ring (bicyclic) bond motifs is 1. The van der Waals surface area contributed by atoms with Crippen molar-refractivity contribution in [1.29, 1.82) is 0 Å². The van der Waals surface area contributed by atoms with Gasteiger partial charge >= 0.3 is 11.9 Å². The Morgan fingerprint density at radius 1 is 1.19 bits per heavy atom. The minimum atomic E-state index is -0.741. The zero-order valence-corrected chi connectivity index (χ0v) is 14.8. The van der Waals surface area contributed by atoms with E-state index in [1.807, 2.05) is 24.3 Å². The van der Waals surface area contributed by atoms with Crippen molar-refractivity contribution in [2.75, 3.05) is 13.7 Å². The smallest absolute Gasteiger partial charge is 0.331 e. The molecule has 0 fully saturated rings. The second-order valence-electron chi connectivity index (χ2n) is 5.99. The van der Waals surface area contributed by atoms with Crippen LogP contribution in [-0.2, 0) is 36.8 Å². The number of carbonyl (C=O) groups excluding carboxylic acids is 3. The Hall–Kier alpha value is -3.35. The van der Waals surface area contributed by atoms with E-state index in [-0.39, 0.29) is 6.54 Å². The molecule has 1 aliphatic heterocycles. The van der Waals surface area contributed by atoms with Crippen LogP contribution in [0.2, 0.25) is 0 Å². The Morgan fingerprint density at radius 3 is 2.67 bits per heavy atom. The van der Waals surface area contributed by atoms with Crippen molar-refractivity contribution in [3.63, 3.8) is 0 Å². The molecule has 27 heavy (non-hydrogen) atoms. The molecule has 1 aliphatic rings. The molecular weight excluding hydrogens is 350 g/mol. The van der Waals surface area contributed by atoms with Crippen LogP contribution in [0, 0.1) is 0 Å². The zero-order valence-electron chi connectivity index (χ0n) is 14.8. The standard InChI is InChI=1S/C20H19NO6/c1-25-20(24)17-11-14-5-2-3-6-15(14)12-21(17)18(22)13-27-19(23)9-8-16-7-4-10-26-16/h2-10,17H,11-13H2,1H3/b9-8+/t17-/m0/s1. The van der Waals surface area contributed by atoms with Crippen LogP contribution in [-0.4, -0.2) is 42.5 Å². The number of esters is 2. The Balaban J connectivity index is 1.64. The number of benzene rings is 1. The van der Waals surface area contributed by atoms with Gasteiger partial charge in [0, 0.05) is 19.0 Å². The Labute approximate surface area is 156 Å². The first kappa shape index (κ1) is 18.4. The fraction of sp³-hybridized carbons (Fsp3) is 0.250. The summed E-state index contributed by atoms with van der Waals surface area (Å²) in [6.07, 6.45) is 4.47. The van der Waals surface area contributed by atoms with Gasteiger partial charge in [-0.25, -0.2) is 9.59 Å². The van der Waals surface area contributed by atoms with Gasteiger partial charge in [0.2, 0.25) is 0 Å². The highest BCUT2D eigenvalue weighted by molar-refractivity contribution is 5.90. The van der Waals surface area contributed by atoms with Gasteiger partial charge in [-0.05, 0) is 29.3 Å². The second kappa shape index (κ2) is 8.35. The summed E-state index contributed by atoms with van der Waals surface area (Å²) in [5, 5.41) is 0. The van der Waals surface area contributed by atoms with Gasteiger partial charge in [-0.1, -0.05) is 24.3 Å². The third-order valence-corrected chi connectivity index (χ3v) is 4.31. The lowest BCUT2D eigenvalue weighted by molar-refractivity contribution is -0.158. The summed E-state index contributed by atoms with van der Waals surface area (Å²) in [4.78, 5) is 37.9. The van der Waals surface area contributed by atoms with E-state index in [9.17, 15) is 14.4 Å². The van der Waals surface area contributed by atoms with Crippen LogP contribution in [0.25, 0.3) is 6.08 Å². The van der Waals surface area contributed by atoms with Crippen LogP contribution in [0.5, 0.6) is 0 Å². The van der Waals surface area contributed by atoms with Crippen LogP contribution >= 0.6 is 0 Å². The largest absolute Gasteiger partial charge is 0.467 e. The summed E-state index contributed by atoms with van der Waals surface area (Å²) in [7, 11) is 1.28. The van der Waals surface area contributed by atoms with Crippen molar-refractivity contribution >= 4 is 23.9 Å². The van der Waals surface area contributed by atoms with Crippen molar-refractivity contribution in [2.24, 2.45) is 0 Å². The predicted molar refractivity (Wildman–Crippen MR) is 95.2 cm³/mol. The minimum Gasteiger partial charge on any atom is -0.467 e. The molecular formula is C20H19NO6. The minimum absolute atomic E-state index is 0.258. The summed E-state index contributed by atoms with van der Waals surface area (Å²) < 4.78 is 14.9. The first-order valence-electron chi connectivity index (χ1n) is 8.41. The second-order valence-corrected chi connectivity index (χ2v) is 5.99. The summed E-state index contributed by atoms with van der Waals surface area (Å²) >= 11 is 0. The Kier molecular flexibility index (Phi) is 5.71. The molecule has 0 saturated carbocycles. The van der Waals surface area contributed by atoms with Gasteiger partial charge in [-0.15, -0.1) is 0 Å². The molecule has 7 heteroatoms. The lowest BCUT2D eigenvalue weighted by atomic mass is 9.94. The van der Waals surface area contributed by atoms with Crippen molar-refractivity contribution in [2.45, 2.75) is 19.0 Å². The Morgan fingerprint density at radius 2 is 1.96 bits per heavy atom. The lowest BCUT2D eigenvalue weighted by Crippen LogP contribution is -2.50. The van der Waals surface area contributed by atoms with Gasteiger partial charge in [-0.3, -0.25) is 4.79 Å². The average Bonchev–Trinajstić information content (AvgIpc) is 3.22. The summed E-state index contributed by atoms with van der Waals surface area (Å²) in [5.74, 6) is -1.13. The van der Waals surface area contributed by atoms with E-state index in [4.69, 9.17) is 13.9 Å². The molecule has 3 rings (SSSR count). The lowest BCUT2D eigenvalue weighted by Gasteiger charge is -2.35. The number of furan rings is 1. The molecule has 0 N–H and O–H groups in total. The highest BCUT2D eigenvalue weighted by Crippen LogP contribution is 2.24. The fourth-order valence-corrected chi connectivity index (χ4v) is 2.93.